The number of pyridine rings is 1. The third-order valence-corrected chi connectivity index (χ3v) is 2.51. The van der Waals surface area contributed by atoms with E-state index in [-0.39, 0.29) is 9.39 Å². The van der Waals surface area contributed by atoms with Crippen LogP contribution in [0.25, 0.3) is 0 Å². The number of aromatic nitrogens is 1. The van der Waals surface area contributed by atoms with Gasteiger partial charge in [0.15, 0.2) is 5.43 Å². The van der Waals surface area contributed by atoms with Gasteiger partial charge in [-0.1, -0.05) is 0 Å². The van der Waals surface area contributed by atoms with Crippen molar-refractivity contribution in [2.24, 2.45) is 0 Å². The van der Waals surface area contributed by atoms with Crippen LogP contribution in [-0.2, 0) is 0 Å². The number of alkyl halides is 2. The second-order valence-electron chi connectivity index (χ2n) is 2.35. The molecule has 0 aliphatic rings. The van der Waals surface area contributed by atoms with Gasteiger partial charge in [0, 0.05) is 6.07 Å². The lowest BCUT2D eigenvalue weighted by atomic mass is 10.2. The molecule has 0 atom stereocenters. The Balaban J connectivity index is 3.40. The van der Waals surface area contributed by atoms with Crippen molar-refractivity contribution >= 4 is 39.4 Å². The standard InChI is InChI=1S/C7H3ClF2INO2/c8-5(14)2-1-3(13)4(6(9)10)7(11)12-2/h1,6H,(H,12,13). The number of rotatable bonds is 2. The largest absolute Gasteiger partial charge is 0.346 e. The molecule has 0 radical (unpaired) electrons. The van der Waals surface area contributed by atoms with E-state index in [1.165, 1.54) is 22.6 Å². The van der Waals surface area contributed by atoms with E-state index in [0.29, 0.717) is 0 Å². The van der Waals surface area contributed by atoms with Gasteiger partial charge in [-0.2, -0.15) is 0 Å². The van der Waals surface area contributed by atoms with Crippen LogP contribution in [0.4, 0.5) is 8.78 Å². The molecule has 0 amide bonds. The highest BCUT2D eigenvalue weighted by molar-refractivity contribution is 14.1. The minimum Gasteiger partial charge on any atom is -0.346 e. The fraction of sp³-hybridized carbons (Fsp3) is 0.143. The molecule has 0 saturated carbocycles. The van der Waals surface area contributed by atoms with E-state index >= 15 is 0 Å². The number of aromatic amines is 1. The molecule has 0 fully saturated rings. The number of hydrogen-bond acceptors (Lipinski definition) is 2. The van der Waals surface area contributed by atoms with Crippen molar-refractivity contribution < 1.29 is 13.6 Å². The van der Waals surface area contributed by atoms with E-state index in [2.05, 4.69) is 4.98 Å². The fourth-order valence-electron chi connectivity index (χ4n) is 0.848. The van der Waals surface area contributed by atoms with Crippen LogP contribution < -0.4 is 5.43 Å². The molecule has 1 N–H and O–H groups in total. The van der Waals surface area contributed by atoms with Gasteiger partial charge in [-0.15, -0.1) is 0 Å². The first kappa shape index (κ1) is 11.6. The van der Waals surface area contributed by atoms with E-state index in [9.17, 15) is 18.4 Å². The summed E-state index contributed by atoms with van der Waals surface area (Å²) in [6.45, 7) is 0. The zero-order valence-corrected chi connectivity index (χ0v) is 9.40. The number of carbonyl (C=O) groups excluding carboxylic acids is 1. The monoisotopic (exact) mass is 333 g/mol. The van der Waals surface area contributed by atoms with Crippen LogP contribution in [0.1, 0.15) is 22.5 Å². The van der Waals surface area contributed by atoms with E-state index in [0.717, 1.165) is 6.07 Å². The molecule has 0 unspecified atom stereocenters. The Bertz CT molecular complexity index is 432. The average Bonchev–Trinajstić information content (AvgIpc) is 2.01. The summed E-state index contributed by atoms with van der Waals surface area (Å²) in [6.07, 6.45) is -2.87. The molecule has 0 aliphatic heterocycles. The molecule has 1 aromatic rings. The minimum absolute atomic E-state index is 0.0749. The maximum absolute atomic E-state index is 12.3. The predicted octanol–water partition coefficient (Wildman–Crippen LogP) is 2.30. The molecule has 0 bridgehead atoms. The van der Waals surface area contributed by atoms with Gasteiger partial charge < -0.3 is 4.98 Å². The van der Waals surface area contributed by atoms with Crippen molar-refractivity contribution in [2.45, 2.75) is 6.43 Å². The zero-order valence-electron chi connectivity index (χ0n) is 6.48. The Labute approximate surface area is 95.6 Å². The van der Waals surface area contributed by atoms with Gasteiger partial charge in [0.05, 0.1) is 9.26 Å². The normalized spacial score (nSPS) is 10.6. The number of halogens is 4. The van der Waals surface area contributed by atoms with Crippen molar-refractivity contribution in [1.29, 1.82) is 0 Å². The Morgan fingerprint density at radius 2 is 2.14 bits per heavy atom. The molecule has 0 aromatic carbocycles. The summed E-state index contributed by atoms with van der Waals surface area (Å²) >= 11 is 6.59. The minimum atomic E-state index is -2.87. The lowest BCUT2D eigenvalue weighted by Crippen LogP contribution is -2.15. The molecule has 7 heteroatoms. The maximum Gasteiger partial charge on any atom is 0.270 e. The molecular weight excluding hydrogens is 330 g/mol. The van der Waals surface area contributed by atoms with Crippen molar-refractivity contribution in [3.63, 3.8) is 0 Å². The van der Waals surface area contributed by atoms with Gasteiger partial charge in [0.1, 0.15) is 5.69 Å². The second-order valence-corrected chi connectivity index (χ2v) is 3.77. The molecule has 14 heavy (non-hydrogen) atoms. The van der Waals surface area contributed by atoms with Crippen LogP contribution in [-0.4, -0.2) is 10.2 Å². The molecule has 1 rings (SSSR count). The Morgan fingerprint density at radius 1 is 1.57 bits per heavy atom. The summed E-state index contributed by atoms with van der Waals surface area (Å²) in [5.41, 5.74) is -1.73. The summed E-state index contributed by atoms with van der Waals surface area (Å²) in [4.78, 5) is 24.0. The van der Waals surface area contributed by atoms with E-state index in [1.807, 2.05) is 0 Å². The highest BCUT2D eigenvalue weighted by Gasteiger charge is 2.18. The molecule has 0 spiro atoms. The van der Waals surface area contributed by atoms with Gasteiger partial charge >= 0.3 is 0 Å². The number of hydrogen-bond donors (Lipinski definition) is 1. The first-order valence-electron chi connectivity index (χ1n) is 3.34. The number of nitrogens with one attached hydrogen (secondary N) is 1. The molecule has 76 valence electrons. The predicted molar refractivity (Wildman–Crippen MR) is 54.9 cm³/mol. The van der Waals surface area contributed by atoms with Gasteiger partial charge in [-0.3, -0.25) is 9.59 Å². The van der Waals surface area contributed by atoms with Crippen molar-refractivity contribution in [2.75, 3.05) is 0 Å². The fourth-order valence-corrected chi connectivity index (χ4v) is 1.74. The van der Waals surface area contributed by atoms with E-state index < -0.39 is 22.7 Å². The zero-order chi connectivity index (χ0) is 10.9. The van der Waals surface area contributed by atoms with Crippen LogP contribution in [0.3, 0.4) is 0 Å². The van der Waals surface area contributed by atoms with E-state index in [4.69, 9.17) is 11.6 Å². The van der Waals surface area contributed by atoms with E-state index in [1.54, 1.807) is 0 Å². The average molecular weight is 333 g/mol. The number of carbonyl (C=O) groups is 1. The highest BCUT2D eigenvalue weighted by Crippen LogP contribution is 2.19. The summed E-state index contributed by atoms with van der Waals surface area (Å²) in [7, 11) is 0. The lowest BCUT2D eigenvalue weighted by Gasteiger charge is -2.03. The summed E-state index contributed by atoms with van der Waals surface area (Å²) in [5.74, 6) is 0. The van der Waals surface area contributed by atoms with Crippen LogP contribution in [0, 0.1) is 3.70 Å². The Morgan fingerprint density at radius 3 is 2.50 bits per heavy atom. The molecule has 3 nitrogen and oxygen atoms in total. The van der Waals surface area contributed by atoms with Crippen LogP contribution >= 0.6 is 34.2 Å². The summed E-state index contributed by atoms with van der Waals surface area (Å²) in [5, 5.41) is -0.888. The van der Waals surface area contributed by atoms with Crippen LogP contribution in [0.2, 0.25) is 0 Å². The maximum atomic E-state index is 12.3. The van der Waals surface area contributed by atoms with Crippen LogP contribution in [0.5, 0.6) is 0 Å². The molecule has 0 saturated heterocycles. The summed E-state index contributed by atoms with van der Waals surface area (Å²) in [6, 6.07) is 0.763. The van der Waals surface area contributed by atoms with Gasteiger partial charge in [-0.05, 0) is 34.2 Å². The molecule has 1 aromatic heterocycles. The topological polar surface area (TPSA) is 49.9 Å². The van der Waals surface area contributed by atoms with Gasteiger partial charge in [0.2, 0.25) is 0 Å². The van der Waals surface area contributed by atoms with Gasteiger partial charge in [-0.25, -0.2) is 8.78 Å². The lowest BCUT2D eigenvalue weighted by molar-refractivity contribution is 0.107. The Kier molecular flexibility index (Phi) is 3.59. The Hall–Kier alpha value is -0.500. The molecular formula is C7H3ClF2INO2. The van der Waals surface area contributed by atoms with Crippen molar-refractivity contribution in [3.8, 4) is 0 Å². The summed E-state index contributed by atoms with van der Waals surface area (Å²) < 4.78 is 24.5. The molecule has 1 heterocycles. The smallest absolute Gasteiger partial charge is 0.270 e. The number of H-pyrrole nitrogens is 1. The van der Waals surface area contributed by atoms with Crippen LogP contribution in [0.15, 0.2) is 10.9 Å². The van der Waals surface area contributed by atoms with Crippen molar-refractivity contribution in [1.82, 2.24) is 4.98 Å². The second kappa shape index (κ2) is 4.35. The molecule has 0 aliphatic carbocycles. The SMILES string of the molecule is O=C(Cl)c1cc(=O)c(C(F)F)c(I)[nH]1. The first-order chi connectivity index (χ1) is 6.43. The third kappa shape index (κ3) is 2.30. The first-order valence-corrected chi connectivity index (χ1v) is 4.80. The van der Waals surface area contributed by atoms with Crippen molar-refractivity contribution in [3.05, 3.63) is 31.2 Å². The van der Waals surface area contributed by atoms with Gasteiger partial charge in [0.25, 0.3) is 11.7 Å². The third-order valence-electron chi connectivity index (χ3n) is 1.45. The highest BCUT2D eigenvalue weighted by atomic mass is 127. The quantitative estimate of drug-likeness (QED) is 0.513.